The van der Waals surface area contributed by atoms with E-state index in [4.69, 9.17) is 0 Å². The van der Waals surface area contributed by atoms with E-state index < -0.39 is 10.2 Å². The van der Waals surface area contributed by atoms with Gasteiger partial charge in [0.25, 0.3) is 0 Å². The first kappa shape index (κ1) is 13.0. The summed E-state index contributed by atoms with van der Waals surface area (Å²) in [6.45, 7) is 2.52. The van der Waals surface area contributed by atoms with E-state index in [0.717, 1.165) is 19.3 Å². The fraction of sp³-hybridized carbons (Fsp3) is 0.455. The number of hydrogen-bond acceptors (Lipinski definition) is 2. The van der Waals surface area contributed by atoms with Gasteiger partial charge in [-0.05, 0) is 18.6 Å². The molecule has 0 aromatic heterocycles. The normalized spacial score (nSPS) is 11.3. The fourth-order valence-electron chi connectivity index (χ4n) is 1.24. The van der Waals surface area contributed by atoms with Crippen LogP contribution in [-0.2, 0) is 10.2 Å². The second kappa shape index (κ2) is 6.50. The van der Waals surface area contributed by atoms with E-state index in [9.17, 15) is 8.42 Å². The second-order valence-corrected chi connectivity index (χ2v) is 4.92. The molecule has 0 aliphatic rings. The largest absolute Gasteiger partial charge is 0.320 e. The quantitative estimate of drug-likeness (QED) is 0.742. The first-order chi connectivity index (χ1) is 7.64. The van der Waals surface area contributed by atoms with E-state index >= 15 is 0 Å². The SMILES string of the molecule is CCCCCNS(=O)(=O)[N]c1ccccc1. The van der Waals surface area contributed by atoms with Crippen LogP contribution in [0.25, 0.3) is 0 Å². The summed E-state index contributed by atoms with van der Waals surface area (Å²) in [4.78, 5) is 0. The summed E-state index contributed by atoms with van der Waals surface area (Å²) in [5, 5.41) is 0. The Morgan fingerprint density at radius 3 is 2.50 bits per heavy atom. The maximum absolute atomic E-state index is 11.5. The lowest BCUT2D eigenvalue weighted by Gasteiger charge is -2.05. The molecule has 1 aromatic rings. The molecule has 1 aromatic carbocycles. The highest BCUT2D eigenvalue weighted by Crippen LogP contribution is 2.06. The summed E-state index contributed by atoms with van der Waals surface area (Å²) in [7, 11) is -3.54. The predicted octanol–water partition coefficient (Wildman–Crippen LogP) is 1.95. The van der Waals surface area contributed by atoms with Gasteiger partial charge in [-0.3, -0.25) is 0 Å². The van der Waals surface area contributed by atoms with E-state index in [0.29, 0.717) is 12.2 Å². The monoisotopic (exact) mass is 241 g/mol. The van der Waals surface area contributed by atoms with Crippen LogP contribution in [-0.4, -0.2) is 15.0 Å². The average molecular weight is 241 g/mol. The molecule has 0 bridgehead atoms. The zero-order valence-electron chi connectivity index (χ0n) is 9.39. The van der Waals surface area contributed by atoms with Crippen molar-refractivity contribution in [3.8, 4) is 0 Å². The standard InChI is InChI=1S/C11H17N2O2S/c1-2-3-7-10-12-16(14,15)13-11-8-5-4-6-9-11/h4-6,8-9,12H,2-3,7,10H2,1H3. The smallest absolute Gasteiger partial charge is 0.196 e. The third-order valence-electron chi connectivity index (χ3n) is 2.05. The van der Waals surface area contributed by atoms with Crippen molar-refractivity contribution in [1.29, 1.82) is 0 Å². The molecule has 0 saturated carbocycles. The molecular formula is C11H17N2O2S. The fourth-order valence-corrected chi connectivity index (χ4v) is 2.10. The maximum Gasteiger partial charge on any atom is 0.320 e. The summed E-state index contributed by atoms with van der Waals surface area (Å²) < 4.78 is 29.1. The molecule has 1 rings (SSSR count). The van der Waals surface area contributed by atoms with E-state index in [2.05, 4.69) is 16.4 Å². The molecule has 5 heteroatoms. The first-order valence-corrected chi connectivity index (χ1v) is 6.86. The molecule has 0 spiro atoms. The molecule has 0 amide bonds. The molecule has 1 N–H and O–H groups in total. The number of unbranched alkanes of at least 4 members (excludes halogenated alkanes) is 2. The summed E-state index contributed by atoms with van der Waals surface area (Å²) in [6, 6.07) is 8.65. The topological polar surface area (TPSA) is 60.3 Å². The van der Waals surface area contributed by atoms with Gasteiger partial charge in [0.2, 0.25) is 0 Å². The number of rotatable bonds is 7. The summed E-state index contributed by atoms with van der Waals surface area (Å²) in [6.07, 6.45) is 2.94. The van der Waals surface area contributed by atoms with Crippen molar-refractivity contribution in [3.05, 3.63) is 30.3 Å². The average Bonchev–Trinajstić information content (AvgIpc) is 2.25. The summed E-state index contributed by atoms with van der Waals surface area (Å²) in [5.74, 6) is 0. The lowest BCUT2D eigenvalue weighted by atomic mass is 10.3. The summed E-state index contributed by atoms with van der Waals surface area (Å²) >= 11 is 0. The molecule has 0 unspecified atom stereocenters. The highest BCUT2D eigenvalue weighted by Gasteiger charge is 2.10. The third kappa shape index (κ3) is 5.14. The van der Waals surface area contributed by atoms with Crippen LogP contribution >= 0.6 is 0 Å². The van der Waals surface area contributed by atoms with Crippen LogP contribution in [0.15, 0.2) is 30.3 Å². The van der Waals surface area contributed by atoms with E-state index in [1.165, 1.54) is 0 Å². The molecule has 4 nitrogen and oxygen atoms in total. The van der Waals surface area contributed by atoms with E-state index in [1.54, 1.807) is 24.3 Å². The van der Waals surface area contributed by atoms with Crippen molar-refractivity contribution in [1.82, 2.24) is 9.44 Å². The number of nitrogens with one attached hydrogen (secondary N) is 1. The van der Waals surface area contributed by atoms with Crippen LogP contribution in [0, 0.1) is 0 Å². The maximum atomic E-state index is 11.5. The van der Waals surface area contributed by atoms with Crippen molar-refractivity contribution < 1.29 is 8.42 Å². The number of hydrogen-bond donors (Lipinski definition) is 1. The van der Waals surface area contributed by atoms with Gasteiger partial charge in [-0.2, -0.15) is 17.9 Å². The van der Waals surface area contributed by atoms with Crippen LogP contribution in [0.3, 0.4) is 0 Å². The lowest BCUT2D eigenvalue weighted by molar-refractivity contribution is 0.570. The van der Waals surface area contributed by atoms with Crippen LogP contribution in [0.1, 0.15) is 26.2 Å². The Bertz CT molecular complexity index is 390. The molecular weight excluding hydrogens is 224 g/mol. The Morgan fingerprint density at radius 1 is 1.19 bits per heavy atom. The summed E-state index contributed by atoms with van der Waals surface area (Å²) in [5.41, 5.74) is 0.450. The number of benzene rings is 1. The van der Waals surface area contributed by atoms with Crippen molar-refractivity contribution in [2.75, 3.05) is 6.54 Å². The zero-order chi connectivity index (χ0) is 11.9. The highest BCUT2D eigenvalue weighted by molar-refractivity contribution is 7.87. The molecule has 89 valence electrons. The van der Waals surface area contributed by atoms with Crippen molar-refractivity contribution in [2.24, 2.45) is 0 Å². The second-order valence-electron chi connectivity index (χ2n) is 3.50. The molecule has 0 aliphatic carbocycles. The minimum absolute atomic E-state index is 0.450. The van der Waals surface area contributed by atoms with Crippen molar-refractivity contribution in [3.63, 3.8) is 0 Å². The molecule has 0 atom stereocenters. The van der Waals surface area contributed by atoms with Gasteiger partial charge >= 0.3 is 10.2 Å². The van der Waals surface area contributed by atoms with E-state index in [1.807, 2.05) is 6.07 Å². The van der Waals surface area contributed by atoms with Crippen molar-refractivity contribution >= 4 is 15.9 Å². The lowest BCUT2D eigenvalue weighted by Crippen LogP contribution is -2.30. The van der Waals surface area contributed by atoms with Gasteiger partial charge in [-0.15, -0.1) is 0 Å². The predicted molar refractivity (Wildman–Crippen MR) is 64.7 cm³/mol. The van der Waals surface area contributed by atoms with Gasteiger partial charge in [0.1, 0.15) is 0 Å². The van der Waals surface area contributed by atoms with Crippen LogP contribution in [0.2, 0.25) is 0 Å². The van der Waals surface area contributed by atoms with Gasteiger partial charge in [0.15, 0.2) is 0 Å². The van der Waals surface area contributed by atoms with Gasteiger partial charge in [-0.25, -0.2) is 0 Å². The third-order valence-corrected chi connectivity index (χ3v) is 3.07. The van der Waals surface area contributed by atoms with Gasteiger partial charge < -0.3 is 0 Å². The Hall–Kier alpha value is -1.07. The first-order valence-electron chi connectivity index (χ1n) is 5.41. The molecule has 0 fully saturated rings. The van der Waals surface area contributed by atoms with Gasteiger partial charge in [-0.1, -0.05) is 38.0 Å². The Balaban J connectivity index is 2.40. The molecule has 0 aliphatic heterocycles. The van der Waals surface area contributed by atoms with E-state index in [-0.39, 0.29) is 0 Å². The number of nitrogens with zero attached hydrogens (tertiary/aromatic N) is 1. The van der Waals surface area contributed by atoms with Crippen LogP contribution < -0.4 is 9.44 Å². The molecule has 0 heterocycles. The Morgan fingerprint density at radius 2 is 1.88 bits per heavy atom. The van der Waals surface area contributed by atoms with Crippen LogP contribution in [0.4, 0.5) is 5.69 Å². The Kier molecular flexibility index (Phi) is 5.28. The van der Waals surface area contributed by atoms with Gasteiger partial charge in [0.05, 0.1) is 5.69 Å². The molecule has 0 saturated heterocycles. The Labute approximate surface area is 97.3 Å². The minimum atomic E-state index is -3.54. The zero-order valence-corrected chi connectivity index (χ0v) is 10.2. The van der Waals surface area contributed by atoms with Crippen LogP contribution in [0.5, 0.6) is 0 Å². The molecule has 16 heavy (non-hydrogen) atoms. The molecule has 1 radical (unpaired) electrons. The van der Waals surface area contributed by atoms with Gasteiger partial charge in [0, 0.05) is 6.54 Å². The van der Waals surface area contributed by atoms with Crippen molar-refractivity contribution in [2.45, 2.75) is 26.2 Å². The minimum Gasteiger partial charge on any atom is -0.196 e. The highest BCUT2D eigenvalue weighted by atomic mass is 32.2.